The molecule has 6 aromatic carbocycles. The van der Waals surface area contributed by atoms with Crippen LogP contribution in [0.4, 0.5) is 17.1 Å². The van der Waals surface area contributed by atoms with Crippen LogP contribution in [-0.2, 0) is 0 Å². The van der Waals surface area contributed by atoms with Gasteiger partial charge in [-0.2, -0.15) is 0 Å². The maximum Gasteiger partial charge on any atom is 0.247 e. The maximum atomic E-state index is 6.48. The second-order valence-corrected chi connectivity index (χ2v) is 11.9. The smallest absolute Gasteiger partial charge is 0.247 e. The van der Waals surface area contributed by atoms with Crippen LogP contribution in [0.3, 0.4) is 0 Å². The molecule has 0 spiro atoms. The Labute approximate surface area is 250 Å². The Balaban J connectivity index is 1.45. The van der Waals surface area contributed by atoms with Crippen LogP contribution in [0.2, 0.25) is 0 Å². The molecule has 1 aliphatic heterocycles. The number of aryl methyl sites for hydroxylation is 3. The molecular weight excluding hydrogens is 525 g/mol. The van der Waals surface area contributed by atoms with E-state index in [1.54, 1.807) is 0 Å². The highest BCUT2D eigenvalue weighted by Gasteiger charge is 2.38. The van der Waals surface area contributed by atoms with Crippen molar-refractivity contribution >= 4 is 84.0 Å². The van der Waals surface area contributed by atoms with Gasteiger partial charge in [0.25, 0.3) is 0 Å². The van der Waals surface area contributed by atoms with Gasteiger partial charge in [-0.3, -0.25) is 0 Å². The van der Waals surface area contributed by atoms with Crippen LogP contribution in [0.15, 0.2) is 124 Å². The zero-order valence-electron chi connectivity index (χ0n) is 24.3. The molecule has 0 unspecified atom stereocenters. The Kier molecular flexibility index (Phi) is 5.04. The van der Waals surface area contributed by atoms with Gasteiger partial charge < -0.3 is 13.7 Å². The Hall–Kier alpha value is -5.22. The highest BCUT2D eigenvalue weighted by atomic mass is 16.3. The van der Waals surface area contributed by atoms with Crippen molar-refractivity contribution in [2.24, 2.45) is 0 Å². The zero-order chi connectivity index (χ0) is 28.8. The predicted molar refractivity (Wildman–Crippen MR) is 181 cm³/mol. The fraction of sp³-hybridized carbons (Fsp3) is 0.0769. The highest BCUT2D eigenvalue weighted by Crippen LogP contribution is 2.42. The van der Waals surface area contributed by atoms with Crippen molar-refractivity contribution in [2.45, 2.75) is 20.8 Å². The average Bonchev–Trinajstić information content (AvgIpc) is 3.56. The molecule has 0 aliphatic carbocycles. The number of nitrogens with zero attached hydrogens (tertiary/aromatic N) is 1. The Bertz CT molecular complexity index is 2250. The monoisotopic (exact) mass is 553 g/mol. The van der Waals surface area contributed by atoms with Crippen LogP contribution < -0.4 is 21.3 Å². The fourth-order valence-electron chi connectivity index (χ4n) is 7.51. The van der Waals surface area contributed by atoms with E-state index >= 15 is 0 Å². The quantitative estimate of drug-likeness (QED) is 0.201. The van der Waals surface area contributed by atoms with E-state index in [1.807, 2.05) is 12.1 Å². The van der Waals surface area contributed by atoms with E-state index in [1.165, 1.54) is 44.5 Å². The van der Waals surface area contributed by atoms with E-state index < -0.39 is 0 Å². The van der Waals surface area contributed by atoms with Gasteiger partial charge in [-0.15, -0.1) is 0 Å². The van der Waals surface area contributed by atoms with E-state index in [0.29, 0.717) is 0 Å². The van der Waals surface area contributed by atoms with Gasteiger partial charge in [0.2, 0.25) is 6.71 Å². The zero-order valence-corrected chi connectivity index (χ0v) is 24.3. The van der Waals surface area contributed by atoms with E-state index in [0.717, 1.165) is 49.6 Å². The third-order valence-corrected chi connectivity index (χ3v) is 9.20. The van der Waals surface area contributed by atoms with Gasteiger partial charge in [-0.05, 0) is 80.2 Å². The first kappa shape index (κ1) is 24.4. The average molecular weight is 553 g/mol. The minimum atomic E-state index is 0.000728. The molecule has 3 nitrogen and oxygen atoms in total. The van der Waals surface area contributed by atoms with Gasteiger partial charge in [-0.25, -0.2) is 0 Å². The van der Waals surface area contributed by atoms with Crippen LogP contribution in [-0.4, -0.2) is 6.71 Å². The lowest BCUT2D eigenvalue weighted by Crippen LogP contribution is -2.58. The van der Waals surface area contributed by atoms with Gasteiger partial charge in [0.05, 0.1) is 0 Å². The van der Waals surface area contributed by atoms with E-state index in [-0.39, 0.29) is 6.71 Å². The first-order chi connectivity index (χ1) is 21.0. The standard InChI is InChI=1S/C39H28BNO2/c1-23-17-24(2)39(25(3)18-23)40-31-21-37-29(27-13-7-9-15-35(27)42-37)19-33(31)41(26-11-5-4-6-12-26)34-20-30-28-14-8-10-16-36(28)43-38(30)22-32(34)40/h4-22H,1-3H3. The predicted octanol–water partition coefficient (Wildman–Crippen LogP) is 8.71. The molecule has 0 radical (unpaired) electrons. The Morgan fingerprint density at radius 1 is 0.488 bits per heavy atom. The number of fused-ring (bicyclic) bond motifs is 8. The largest absolute Gasteiger partial charge is 0.456 e. The summed E-state index contributed by atoms with van der Waals surface area (Å²) in [5, 5.41) is 4.53. The number of furan rings is 2. The van der Waals surface area contributed by atoms with Crippen molar-refractivity contribution < 1.29 is 8.83 Å². The van der Waals surface area contributed by atoms with Crippen molar-refractivity contribution in [3.05, 3.63) is 132 Å². The van der Waals surface area contributed by atoms with Crippen LogP contribution in [0.1, 0.15) is 16.7 Å². The number of hydrogen-bond acceptors (Lipinski definition) is 3. The van der Waals surface area contributed by atoms with Crippen LogP contribution >= 0.6 is 0 Å². The molecule has 3 heterocycles. The van der Waals surface area contributed by atoms with Crippen molar-refractivity contribution in [2.75, 3.05) is 4.90 Å². The summed E-state index contributed by atoms with van der Waals surface area (Å²) in [4.78, 5) is 2.43. The molecule has 8 aromatic rings. The van der Waals surface area contributed by atoms with E-state index in [2.05, 4.69) is 129 Å². The number of anilines is 3. The SMILES string of the molecule is Cc1cc(C)c(B2c3cc4oc5ccccc5c4cc3N(c3ccccc3)c3cc4c(cc32)oc2ccccc24)c(C)c1. The number of benzene rings is 6. The molecule has 43 heavy (non-hydrogen) atoms. The molecule has 0 saturated heterocycles. The molecular formula is C39H28BNO2. The molecule has 4 heteroatoms. The minimum Gasteiger partial charge on any atom is -0.456 e. The van der Waals surface area contributed by atoms with E-state index in [9.17, 15) is 0 Å². The molecule has 9 rings (SSSR count). The third kappa shape index (κ3) is 3.50. The summed E-state index contributed by atoms with van der Waals surface area (Å²) in [6.45, 7) is 6.68. The van der Waals surface area contributed by atoms with Crippen molar-refractivity contribution in [3.8, 4) is 0 Å². The normalized spacial score (nSPS) is 12.9. The highest BCUT2D eigenvalue weighted by molar-refractivity contribution is 6.98. The van der Waals surface area contributed by atoms with Crippen LogP contribution in [0.25, 0.3) is 43.9 Å². The number of para-hydroxylation sites is 3. The lowest BCUT2D eigenvalue weighted by Gasteiger charge is -2.38. The van der Waals surface area contributed by atoms with Gasteiger partial charge in [-0.1, -0.05) is 88.9 Å². The fourth-order valence-corrected chi connectivity index (χ4v) is 7.51. The van der Waals surface area contributed by atoms with Crippen molar-refractivity contribution in [1.82, 2.24) is 0 Å². The summed E-state index contributed by atoms with van der Waals surface area (Å²) in [6, 6.07) is 41.3. The first-order valence-corrected chi connectivity index (χ1v) is 14.9. The second-order valence-electron chi connectivity index (χ2n) is 11.9. The van der Waals surface area contributed by atoms with Gasteiger partial charge in [0.15, 0.2) is 0 Å². The molecule has 0 N–H and O–H groups in total. The van der Waals surface area contributed by atoms with Gasteiger partial charge >= 0.3 is 0 Å². The van der Waals surface area contributed by atoms with Crippen molar-refractivity contribution in [3.63, 3.8) is 0 Å². The molecule has 0 saturated carbocycles. The number of rotatable bonds is 2. The van der Waals surface area contributed by atoms with E-state index in [4.69, 9.17) is 8.83 Å². The molecule has 0 fully saturated rings. The summed E-state index contributed by atoms with van der Waals surface area (Å²) in [5.41, 5.74) is 14.8. The second kappa shape index (κ2) is 8.89. The van der Waals surface area contributed by atoms with Gasteiger partial charge in [0.1, 0.15) is 22.3 Å². The van der Waals surface area contributed by atoms with Crippen LogP contribution in [0.5, 0.6) is 0 Å². The summed E-state index contributed by atoms with van der Waals surface area (Å²) in [5.74, 6) is 0. The summed E-state index contributed by atoms with van der Waals surface area (Å²) in [6.07, 6.45) is 0. The number of hydrogen-bond donors (Lipinski definition) is 0. The molecule has 2 aromatic heterocycles. The minimum absolute atomic E-state index is 0.000728. The lowest BCUT2D eigenvalue weighted by molar-refractivity contribution is 0.669. The summed E-state index contributed by atoms with van der Waals surface area (Å²) < 4.78 is 13.0. The summed E-state index contributed by atoms with van der Waals surface area (Å²) >= 11 is 0. The molecule has 0 bridgehead atoms. The Morgan fingerprint density at radius 3 is 1.51 bits per heavy atom. The van der Waals surface area contributed by atoms with Gasteiger partial charge in [0, 0.05) is 38.6 Å². The maximum absolute atomic E-state index is 6.48. The Morgan fingerprint density at radius 2 is 0.977 bits per heavy atom. The third-order valence-electron chi connectivity index (χ3n) is 9.20. The van der Waals surface area contributed by atoms with Crippen LogP contribution in [0, 0.1) is 20.8 Å². The van der Waals surface area contributed by atoms with Crippen molar-refractivity contribution in [1.29, 1.82) is 0 Å². The molecule has 204 valence electrons. The summed E-state index contributed by atoms with van der Waals surface area (Å²) in [7, 11) is 0. The molecule has 1 aliphatic rings. The first-order valence-electron chi connectivity index (χ1n) is 14.9. The lowest BCUT2D eigenvalue weighted by atomic mass is 9.33. The molecule has 0 atom stereocenters. The topological polar surface area (TPSA) is 29.5 Å². The molecule has 0 amide bonds.